The predicted octanol–water partition coefficient (Wildman–Crippen LogP) is 4.89. The van der Waals surface area contributed by atoms with Gasteiger partial charge in [0.15, 0.2) is 15.7 Å². The fraction of sp³-hybridized carbons (Fsp3) is 0.273. The normalized spacial score (nSPS) is 11.4. The van der Waals surface area contributed by atoms with Crippen molar-refractivity contribution in [3.8, 4) is 11.4 Å². The molecule has 2 N–H and O–H groups in total. The number of benzene rings is 2. The third-order valence-electron chi connectivity index (χ3n) is 4.13. The van der Waals surface area contributed by atoms with Gasteiger partial charge < -0.3 is 10.6 Å². The van der Waals surface area contributed by atoms with Crippen LogP contribution in [0.1, 0.15) is 27.2 Å². The molecule has 0 aliphatic rings. The number of sulfone groups is 1. The molecule has 3 aromatic rings. The van der Waals surface area contributed by atoms with Crippen molar-refractivity contribution < 1.29 is 8.42 Å². The molecule has 0 fully saturated rings. The van der Waals surface area contributed by atoms with E-state index >= 15 is 0 Å². The van der Waals surface area contributed by atoms with E-state index in [1.165, 1.54) is 0 Å². The summed E-state index contributed by atoms with van der Waals surface area (Å²) in [5, 5.41) is 6.53. The Morgan fingerprint density at radius 1 is 0.931 bits per heavy atom. The Hall–Kier alpha value is -2.93. The van der Waals surface area contributed by atoms with E-state index in [4.69, 9.17) is 0 Å². The molecule has 0 aliphatic heterocycles. The van der Waals surface area contributed by atoms with Crippen molar-refractivity contribution in [3.63, 3.8) is 0 Å². The number of anilines is 3. The summed E-state index contributed by atoms with van der Waals surface area (Å²) < 4.78 is 24.8. The first-order chi connectivity index (χ1) is 13.9. The first-order valence-electron chi connectivity index (χ1n) is 9.68. The minimum atomic E-state index is -3.29. The number of nitrogens with zero attached hydrogens (tertiary/aromatic N) is 2. The monoisotopic (exact) mass is 410 g/mol. The Kier molecular flexibility index (Phi) is 6.49. The summed E-state index contributed by atoms with van der Waals surface area (Å²) >= 11 is 0. The lowest BCUT2D eigenvalue weighted by Gasteiger charge is -2.14. The standard InChI is InChI=1S/C22H26N4O2S/c1-4-13-29(27,28)19-12-8-11-18(14-19)24-21-15-20(23-16(2)3)25-22(26-21)17-9-6-5-7-10-17/h5-12,14-16H,4,13H2,1-3H3,(H2,23,24,25,26). The molecular weight excluding hydrogens is 384 g/mol. The summed E-state index contributed by atoms with van der Waals surface area (Å²) in [7, 11) is -3.29. The van der Waals surface area contributed by atoms with Crippen LogP contribution in [0.25, 0.3) is 11.4 Å². The third kappa shape index (κ3) is 5.54. The molecule has 0 saturated heterocycles. The van der Waals surface area contributed by atoms with Crippen LogP contribution in [-0.2, 0) is 9.84 Å². The van der Waals surface area contributed by atoms with Gasteiger partial charge in [0.05, 0.1) is 10.6 Å². The van der Waals surface area contributed by atoms with Gasteiger partial charge in [0.2, 0.25) is 0 Å². The molecule has 7 heteroatoms. The highest BCUT2D eigenvalue weighted by Crippen LogP contribution is 2.24. The van der Waals surface area contributed by atoms with Gasteiger partial charge in [-0.2, -0.15) is 0 Å². The van der Waals surface area contributed by atoms with Crippen LogP contribution < -0.4 is 10.6 Å². The highest BCUT2D eigenvalue weighted by molar-refractivity contribution is 7.91. The lowest BCUT2D eigenvalue weighted by molar-refractivity contribution is 0.595. The molecule has 0 atom stereocenters. The molecule has 29 heavy (non-hydrogen) atoms. The summed E-state index contributed by atoms with van der Waals surface area (Å²) in [6, 6.07) is 18.6. The van der Waals surface area contributed by atoms with Crippen molar-refractivity contribution in [1.29, 1.82) is 0 Å². The zero-order valence-electron chi connectivity index (χ0n) is 16.9. The second kappa shape index (κ2) is 9.05. The lowest BCUT2D eigenvalue weighted by atomic mass is 10.2. The van der Waals surface area contributed by atoms with Gasteiger partial charge in [-0.15, -0.1) is 0 Å². The molecule has 2 aromatic carbocycles. The van der Waals surface area contributed by atoms with Crippen LogP contribution in [0.2, 0.25) is 0 Å². The van der Waals surface area contributed by atoms with E-state index < -0.39 is 9.84 Å². The molecule has 0 saturated carbocycles. The minimum absolute atomic E-state index is 0.130. The zero-order chi connectivity index (χ0) is 20.9. The number of aromatic nitrogens is 2. The van der Waals surface area contributed by atoms with Gasteiger partial charge in [0.25, 0.3) is 0 Å². The average molecular weight is 411 g/mol. The fourth-order valence-corrected chi connectivity index (χ4v) is 4.26. The van der Waals surface area contributed by atoms with E-state index in [0.29, 0.717) is 34.5 Å². The Morgan fingerprint density at radius 2 is 1.66 bits per heavy atom. The molecule has 6 nitrogen and oxygen atoms in total. The number of hydrogen-bond acceptors (Lipinski definition) is 6. The quantitative estimate of drug-likeness (QED) is 0.550. The van der Waals surface area contributed by atoms with E-state index in [1.807, 2.05) is 63.2 Å². The predicted molar refractivity (Wildman–Crippen MR) is 118 cm³/mol. The highest BCUT2D eigenvalue weighted by Gasteiger charge is 2.14. The van der Waals surface area contributed by atoms with Gasteiger partial charge in [0, 0.05) is 23.4 Å². The second-order valence-corrected chi connectivity index (χ2v) is 9.21. The van der Waals surface area contributed by atoms with Crippen molar-refractivity contribution >= 4 is 27.2 Å². The maximum absolute atomic E-state index is 12.4. The van der Waals surface area contributed by atoms with Gasteiger partial charge in [-0.3, -0.25) is 0 Å². The smallest absolute Gasteiger partial charge is 0.178 e. The molecular formula is C22H26N4O2S. The van der Waals surface area contributed by atoms with E-state index in [2.05, 4.69) is 20.6 Å². The molecule has 0 spiro atoms. The van der Waals surface area contributed by atoms with Crippen LogP contribution in [0.5, 0.6) is 0 Å². The van der Waals surface area contributed by atoms with Crippen LogP contribution in [0, 0.1) is 0 Å². The summed E-state index contributed by atoms with van der Waals surface area (Å²) in [4.78, 5) is 9.54. The van der Waals surface area contributed by atoms with Gasteiger partial charge in [-0.1, -0.05) is 43.3 Å². The molecule has 0 unspecified atom stereocenters. The summed E-state index contributed by atoms with van der Waals surface area (Å²) in [5.41, 5.74) is 1.57. The van der Waals surface area contributed by atoms with Crippen molar-refractivity contribution in [2.24, 2.45) is 0 Å². The maximum atomic E-state index is 12.4. The number of nitrogens with one attached hydrogen (secondary N) is 2. The van der Waals surface area contributed by atoms with Gasteiger partial charge in [0.1, 0.15) is 11.6 Å². The van der Waals surface area contributed by atoms with E-state index in [1.54, 1.807) is 18.2 Å². The molecule has 0 aliphatic carbocycles. The number of rotatable bonds is 8. The Bertz CT molecular complexity index is 1070. The van der Waals surface area contributed by atoms with Crippen molar-refractivity contribution in [2.75, 3.05) is 16.4 Å². The Balaban J connectivity index is 1.96. The third-order valence-corrected chi connectivity index (χ3v) is 6.05. The molecule has 1 heterocycles. The average Bonchev–Trinajstić information content (AvgIpc) is 2.68. The van der Waals surface area contributed by atoms with E-state index in [0.717, 1.165) is 5.56 Å². The number of hydrogen-bond donors (Lipinski definition) is 2. The van der Waals surface area contributed by atoms with Gasteiger partial charge >= 0.3 is 0 Å². The van der Waals surface area contributed by atoms with Gasteiger partial charge in [-0.05, 0) is 38.5 Å². The van der Waals surface area contributed by atoms with Crippen LogP contribution in [0.15, 0.2) is 65.6 Å². The zero-order valence-corrected chi connectivity index (χ0v) is 17.7. The summed E-state index contributed by atoms with van der Waals surface area (Å²) in [5.74, 6) is 2.01. The lowest BCUT2D eigenvalue weighted by Crippen LogP contribution is -2.12. The highest BCUT2D eigenvalue weighted by atomic mass is 32.2. The van der Waals surface area contributed by atoms with Gasteiger partial charge in [-0.25, -0.2) is 18.4 Å². The van der Waals surface area contributed by atoms with Crippen LogP contribution in [-0.4, -0.2) is 30.2 Å². The summed E-state index contributed by atoms with van der Waals surface area (Å²) in [6.45, 7) is 5.94. The Labute approximate surface area is 172 Å². The first-order valence-corrected chi connectivity index (χ1v) is 11.3. The van der Waals surface area contributed by atoms with E-state index in [-0.39, 0.29) is 11.8 Å². The molecule has 0 bridgehead atoms. The Morgan fingerprint density at radius 3 is 2.34 bits per heavy atom. The molecule has 1 aromatic heterocycles. The largest absolute Gasteiger partial charge is 0.368 e. The maximum Gasteiger partial charge on any atom is 0.178 e. The molecule has 0 amide bonds. The van der Waals surface area contributed by atoms with Crippen molar-refractivity contribution in [3.05, 3.63) is 60.7 Å². The molecule has 152 valence electrons. The van der Waals surface area contributed by atoms with Crippen molar-refractivity contribution in [2.45, 2.75) is 38.1 Å². The van der Waals surface area contributed by atoms with Crippen LogP contribution >= 0.6 is 0 Å². The topological polar surface area (TPSA) is 84.0 Å². The minimum Gasteiger partial charge on any atom is -0.368 e. The van der Waals surface area contributed by atoms with Crippen LogP contribution in [0.4, 0.5) is 17.3 Å². The summed E-state index contributed by atoms with van der Waals surface area (Å²) in [6.07, 6.45) is 0.580. The SMILES string of the molecule is CCCS(=O)(=O)c1cccc(Nc2cc(NC(C)C)nc(-c3ccccc3)n2)c1. The molecule has 3 rings (SSSR count). The molecule has 0 radical (unpaired) electrons. The van der Waals surface area contributed by atoms with E-state index in [9.17, 15) is 8.42 Å². The second-order valence-electron chi connectivity index (χ2n) is 7.10. The van der Waals surface area contributed by atoms with Crippen LogP contribution in [0.3, 0.4) is 0 Å². The first kappa shape index (κ1) is 20.8. The fourth-order valence-electron chi connectivity index (χ4n) is 2.90. The van der Waals surface area contributed by atoms with Crippen molar-refractivity contribution in [1.82, 2.24) is 9.97 Å².